The summed E-state index contributed by atoms with van der Waals surface area (Å²) in [6, 6.07) is 8.23. The molecule has 1 aromatic heterocycles. The Morgan fingerprint density at radius 1 is 1.24 bits per heavy atom. The lowest BCUT2D eigenvalue weighted by Crippen LogP contribution is -2.01. The van der Waals surface area contributed by atoms with Crippen molar-refractivity contribution in [1.29, 1.82) is 0 Å². The van der Waals surface area contributed by atoms with Crippen LogP contribution in [-0.4, -0.2) is 14.8 Å². The Bertz CT molecular complexity index is 507. The van der Waals surface area contributed by atoms with Crippen molar-refractivity contribution in [2.24, 2.45) is 12.8 Å². The van der Waals surface area contributed by atoms with Gasteiger partial charge in [-0.15, -0.1) is 10.2 Å². The molecule has 2 aromatic rings. The molecule has 1 heterocycles. The fraction of sp³-hybridized carbons (Fsp3) is 0.333. The summed E-state index contributed by atoms with van der Waals surface area (Å²) in [5.74, 6) is 1.80. The Hall–Kier alpha value is -1.33. The van der Waals surface area contributed by atoms with Crippen molar-refractivity contribution in [3.63, 3.8) is 0 Å². The summed E-state index contributed by atoms with van der Waals surface area (Å²) < 4.78 is 2.00. The van der Waals surface area contributed by atoms with Crippen LogP contribution in [0.2, 0.25) is 0 Å². The summed E-state index contributed by atoms with van der Waals surface area (Å²) in [6.45, 7) is 2.53. The van der Waals surface area contributed by atoms with Gasteiger partial charge >= 0.3 is 0 Å². The van der Waals surface area contributed by atoms with Crippen LogP contribution in [-0.2, 0) is 19.3 Å². The summed E-state index contributed by atoms with van der Waals surface area (Å²) in [7, 11) is 1.98. The molecule has 1 aromatic carbocycles. The zero-order valence-corrected chi connectivity index (χ0v) is 10.9. The van der Waals surface area contributed by atoms with Gasteiger partial charge < -0.3 is 10.3 Å². The number of aryl methyl sites for hydroxylation is 1. The van der Waals surface area contributed by atoms with E-state index in [1.807, 2.05) is 30.7 Å². The van der Waals surface area contributed by atoms with Crippen LogP contribution in [0.3, 0.4) is 0 Å². The van der Waals surface area contributed by atoms with Crippen LogP contribution < -0.4 is 5.73 Å². The van der Waals surface area contributed by atoms with Crippen molar-refractivity contribution in [2.45, 2.75) is 24.4 Å². The molecule has 2 N–H and O–H groups in total. The smallest absolute Gasteiger partial charge is 0.191 e. The second-order valence-electron chi connectivity index (χ2n) is 3.85. The Morgan fingerprint density at radius 3 is 2.53 bits per heavy atom. The van der Waals surface area contributed by atoms with Crippen LogP contribution in [0.15, 0.2) is 29.4 Å². The third kappa shape index (κ3) is 2.68. The van der Waals surface area contributed by atoms with Gasteiger partial charge in [-0.1, -0.05) is 36.0 Å². The lowest BCUT2D eigenvalue weighted by atomic mass is 10.1. The largest absolute Gasteiger partial charge is 0.326 e. The second kappa shape index (κ2) is 5.33. The van der Waals surface area contributed by atoms with Crippen molar-refractivity contribution in [3.8, 4) is 0 Å². The molecule has 2 rings (SSSR count). The van der Waals surface area contributed by atoms with Gasteiger partial charge in [-0.3, -0.25) is 0 Å². The Morgan fingerprint density at radius 2 is 1.94 bits per heavy atom. The van der Waals surface area contributed by atoms with Crippen LogP contribution in [0.5, 0.6) is 0 Å². The van der Waals surface area contributed by atoms with Gasteiger partial charge in [0.2, 0.25) is 0 Å². The number of aromatic nitrogens is 3. The van der Waals surface area contributed by atoms with E-state index in [0.717, 1.165) is 16.7 Å². The summed E-state index contributed by atoms with van der Waals surface area (Å²) in [5, 5.41) is 9.11. The lowest BCUT2D eigenvalue weighted by Gasteiger charge is -2.06. The highest BCUT2D eigenvalue weighted by atomic mass is 32.2. The number of benzene rings is 1. The molecule has 17 heavy (non-hydrogen) atoms. The van der Waals surface area contributed by atoms with Crippen LogP contribution in [0, 0.1) is 6.92 Å². The van der Waals surface area contributed by atoms with Crippen LogP contribution in [0.4, 0.5) is 0 Å². The molecule has 4 nitrogen and oxygen atoms in total. The van der Waals surface area contributed by atoms with Gasteiger partial charge in [-0.2, -0.15) is 0 Å². The minimum atomic E-state index is 0.578. The van der Waals surface area contributed by atoms with E-state index >= 15 is 0 Å². The molecule has 0 radical (unpaired) electrons. The van der Waals surface area contributed by atoms with E-state index in [4.69, 9.17) is 5.73 Å². The van der Waals surface area contributed by atoms with Crippen molar-refractivity contribution < 1.29 is 0 Å². The Kier molecular flexibility index (Phi) is 3.81. The van der Waals surface area contributed by atoms with Crippen LogP contribution >= 0.6 is 11.8 Å². The average Bonchev–Trinajstić information content (AvgIpc) is 2.68. The van der Waals surface area contributed by atoms with E-state index < -0.39 is 0 Å². The monoisotopic (exact) mass is 248 g/mol. The maximum absolute atomic E-state index is 5.71. The van der Waals surface area contributed by atoms with Gasteiger partial charge in [0.05, 0.1) is 0 Å². The number of rotatable bonds is 4. The van der Waals surface area contributed by atoms with Crippen LogP contribution in [0.1, 0.15) is 17.0 Å². The number of thioether (sulfide) groups is 1. The molecule has 0 aliphatic heterocycles. The highest BCUT2D eigenvalue weighted by Crippen LogP contribution is 2.22. The first kappa shape index (κ1) is 12.1. The summed E-state index contributed by atoms with van der Waals surface area (Å²) in [4.78, 5) is 0. The first-order chi connectivity index (χ1) is 8.22. The first-order valence-electron chi connectivity index (χ1n) is 5.48. The number of hydrogen-bond acceptors (Lipinski definition) is 4. The predicted molar refractivity (Wildman–Crippen MR) is 69.6 cm³/mol. The van der Waals surface area contributed by atoms with Gasteiger partial charge in [0.1, 0.15) is 5.82 Å². The standard InChI is InChI=1S/C12H16N4S/c1-9-14-15-12(16(9)2)17-8-11-6-4-3-5-10(11)7-13/h3-6H,7-8,13H2,1-2H3. The van der Waals surface area contributed by atoms with Gasteiger partial charge in [-0.25, -0.2) is 0 Å². The quantitative estimate of drug-likeness (QED) is 0.839. The highest BCUT2D eigenvalue weighted by Gasteiger charge is 2.07. The maximum atomic E-state index is 5.71. The topological polar surface area (TPSA) is 56.7 Å². The van der Waals surface area contributed by atoms with Crippen molar-refractivity contribution in [1.82, 2.24) is 14.8 Å². The Balaban J connectivity index is 2.10. The van der Waals surface area contributed by atoms with E-state index in [1.54, 1.807) is 11.8 Å². The molecule has 0 atom stereocenters. The molecule has 0 bridgehead atoms. The van der Waals surface area contributed by atoms with Crippen LogP contribution in [0.25, 0.3) is 0 Å². The van der Waals surface area contributed by atoms with Crippen molar-refractivity contribution >= 4 is 11.8 Å². The summed E-state index contributed by atoms with van der Waals surface area (Å²) in [5.41, 5.74) is 8.17. The fourth-order valence-corrected chi connectivity index (χ4v) is 2.54. The van der Waals surface area contributed by atoms with E-state index in [9.17, 15) is 0 Å². The third-order valence-corrected chi connectivity index (χ3v) is 3.82. The first-order valence-corrected chi connectivity index (χ1v) is 6.46. The Labute approximate surface area is 105 Å². The maximum Gasteiger partial charge on any atom is 0.191 e. The fourth-order valence-electron chi connectivity index (χ4n) is 1.55. The molecule has 0 saturated heterocycles. The summed E-state index contributed by atoms with van der Waals surface area (Å²) in [6.07, 6.45) is 0. The zero-order chi connectivity index (χ0) is 12.3. The molecule has 0 fully saturated rings. The number of hydrogen-bond donors (Lipinski definition) is 1. The van der Waals surface area contributed by atoms with Gasteiger partial charge in [0.25, 0.3) is 0 Å². The van der Waals surface area contributed by atoms with Gasteiger partial charge in [0.15, 0.2) is 5.16 Å². The van der Waals surface area contributed by atoms with E-state index in [1.165, 1.54) is 11.1 Å². The minimum Gasteiger partial charge on any atom is -0.326 e. The highest BCUT2D eigenvalue weighted by molar-refractivity contribution is 7.98. The van der Waals surface area contributed by atoms with Crippen molar-refractivity contribution in [2.75, 3.05) is 0 Å². The van der Waals surface area contributed by atoms with Gasteiger partial charge in [0, 0.05) is 19.3 Å². The van der Waals surface area contributed by atoms with Gasteiger partial charge in [-0.05, 0) is 18.1 Å². The molecular weight excluding hydrogens is 232 g/mol. The molecule has 0 aliphatic carbocycles. The molecule has 0 spiro atoms. The molecule has 90 valence electrons. The molecule has 0 amide bonds. The zero-order valence-electron chi connectivity index (χ0n) is 10.1. The SMILES string of the molecule is Cc1nnc(SCc2ccccc2CN)n1C. The molecule has 0 unspecified atom stereocenters. The third-order valence-electron chi connectivity index (χ3n) is 2.75. The normalized spacial score (nSPS) is 10.8. The average molecular weight is 248 g/mol. The molecular formula is C12H16N4S. The summed E-state index contributed by atoms with van der Waals surface area (Å²) >= 11 is 1.68. The van der Waals surface area contributed by atoms with E-state index in [-0.39, 0.29) is 0 Å². The van der Waals surface area contributed by atoms with E-state index in [0.29, 0.717) is 6.54 Å². The predicted octanol–water partition coefficient (Wildman–Crippen LogP) is 1.87. The molecule has 5 heteroatoms. The number of nitrogens with two attached hydrogens (primary N) is 1. The molecule has 0 aliphatic rings. The second-order valence-corrected chi connectivity index (χ2v) is 4.79. The van der Waals surface area contributed by atoms with E-state index in [2.05, 4.69) is 22.3 Å². The number of nitrogens with zero attached hydrogens (tertiary/aromatic N) is 3. The minimum absolute atomic E-state index is 0.578. The lowest BCUT2D eigenvalue weighted by molar-refractivity contribution is 0.765. The molecule has 0 saturated carbocycles. The van der Waals surface area contributed by atoms with Crippen molar-refractivity contribution in [3.05, 3.63) is 41.2 Å².